The van der Waals surface area contributed by atoms with E-state index in [1.165, 1.54) is 16.7 Å². The molecule has 0 radical (unpaired) electrons. The zero-order valence-electron chi connectivity index (χ0n) is 13.2. The van der Waals surface area contributed by atoms with Gasteiger partial charge in [-0.3, -0.25) is 0 Å². The van der Waals surface area contributed by atoms with Gasteiger partial charge in [-0.05, 0) is 43.0 Å². The lowest BCUT2D eigenvalue weighted by molar-refractivity contribution is 0.332. The second kappa shape index (κ2) is 6.77. The SMILES string of the molecule is CCOc1ccccc1CC(C)(CN)c1ccccc1C. The Morgan fingerprint density at radius 3 is 2.38 bits per heavy atom. The highest BCUT2D eigenvalue weighted by Crippen LogP contribution is 2.32. The third-order valence-corrected chi connectivity index (χ3v) is 4.10. The van der Waals surface area contributed by atoms with Gasteiger partial charge in [0, 0.05) is 12.0 Å². The van der Waals surface area contributed by atoms with Crippen LogP contribution in [0, 0.1) is 6.92 Å². The van der Waals surface area contributed by atoms with Gasteiger partial charge in [-0.2, -0.15) is 0 Å². The highest BCUT2D eigenvalue weighted by Gasteiger charge is 2.28. The van der Waals surface area contributed by atoms with Gasteiger partial charge in [0.15, 0.2) is 0 Å². The van der Waals surface area contributed by atoms with Gasteiger partial charge in [0.1, 0.15) is 5.75 Å². The number of nitrogens with two attached hydrogens (primary N) is 1. The molecule has 112 valence electrons. The molecule has 2 aromatic rings. The van der Waals surface area contributed by atoms with E-state index in [4.69, 9.17) is 10.5 Å². The topological polar surface area (TPSA) is 35.2 Å². The van der Waals surface area contributed by atoms with Gasteiger partial charge in [0.25, 0.3) is 0 Å². The molecule has 2 nitrogen and oxygen atoms in total. The van der Waals surface area contributed by atoms with Crippen molar-refractivity contribution in [3.05, 3.63) is 65.2 Å². The molecule has 0 amide bonds. The van der Waals surface area contributed by atoms with E-state index in [1.54, 1.807) is 0 Å². The summed E-state index contributed by atoms with van der Waals surface area (Å²) in [5.41, 5.74) is 9.88. The summed E-state index contributed by atoms with van der Waals surface area (Å²) >= 11 is 0. The van der Waals surface area contributed by atoms with Crippen molar-refractivity contribution in [1.29, 1.82) is 0 Å². The van der Waals surface area contributed by atoms with Crippen LogP contribution in [-0.4, -0.2) is 13.2 Å². The summed E-state index contributed by atoms with van der Waals surface area (Å²) in [5.74, 6) is 0.966. The maximum Gasteiger partial charge on any atom is 0.122 e. The van der Waals surface area contributed by atoms with Crippen LogP contribution in [0.5, 0.6) is 5.75 Å². The first-order chi connectivity index (χ1) is 10.1. The van der Waals surface area contributed by atoms with E-state index in [0.717, 1.165) is 12.2 Å². The average molecular weight is 283 g/mol. The maximum absolute atomic E-state index is 6.14. The fourth-order valence-electron chi connectivity index (χ4n) is 2.89. The van der Waals surface area contributed by atoms with Crippen molar-refractivity contribution in [2.75, 3.05) is 13.2 Å². The highest BCUT2D eigenvalue weighted by atomic mass is 16.5. The summed E-state index contributed by atoms with van der Waals surface area (Å²) in [5, 5.41) is 0. The minimum atomic E-state index is -0.0848. The molecule has 0 aliphatic rings. The normalized spacial score (nSPS) is 13.7. The first-order valence-corrected chi connectivity index (χ1v) is 7.57. The molecule has 2 rings (SSSR count). The van der Waals surface area contributed by atoms with Gasteiger partial charge in [-0.1, -0.05) is 49.4 Å². The number of benzene rings is 2. The molecule has 2 N–H and O–H groups in total. The van der Waals surface area contributed by atoms with E-state index in [9.17, 15) is 0 Å². The Kier molecular flexibility index (Phi) is 5.03. The van der Waals surface area contributed by atoms with Crippen LogP contribution < -0.4 is 10.5 Å². The van der Waals surface area contributed by atoms with Crippen molar-refractivity contribution in [2.45, 2.75) is 32.6 Å². The molecular formula is C19H25NO. The van der Waals surface area contributed by atoms with Crippen molar-refractivity contribution in [3.63, 3.8) is 0 Å². The first-order valence-electron chi connectivity index (χ1n) is 7.57. The molecule has 1 unspecified atom stereocenters. The molecule has 0 aliphatic heterocycles. The van der Waals surface area contributed by atoms with E-state index >= 15 is 0 Å². The fraction of sp³-hybridized carbons (Fsp3) is 0.368. The van der Waals surface area contributed by atoms with Gasteiger partial charge < -0.3 is 10.5 Å². The Bertz CT molecular complexity index is 594. The van der Waals surface area contributed by atoms with Gasteiger partial charge in [-0.15, -0.1) is 0 Å². The number of aryl methyl sites for hydroxylation is 1. The lowest BCUT2D eigenvalue weighted by Crippen LogP contribution is -2.35. The number of hydrogen-bond acceptors (Lipinski definition) is 2. The van der Waals surface area contributed by atoms with E-state index in [0.29, 0.717) is 13.2 Å². The van der Waals surface area contributed by atoms with E-state index in [1.807, 2.05) is 19.1 Å². The molecule has 1 atom stereocenters. The Labute approximate surface area is 127 Å². The molecule has 0 heterocycles. The van der Waals surface area contributed by atoms with Crippen LogP contribution in [-0.2, 0) is 11.8 Å². The molecule has 2 aromatic carbocycles. The summed E-state index contributed by atoms with van der Waals surface area (Å²) in [4.78, 5) is 0. The third kappa shape index (κ3) is 3.45. The lowest BCUT2D eigenvalue weighted by Gasteiger charge is -2.31. The van der Waals surface area contributed by atoms with Crippen molar-refractivity contribution in [1.82, 2.24) is 0 Å². The lowest BCUT2D eigenvalue weighted by atomic mass is 9.75. The van der Waals surface area contributed by atoms with Crippen molar-refractivity contribution in [3.8, 4) is 5.75 Å². The first kappa shape index (κ1) is 15.6. The van der Waals surface area contributed by atoms with Crippen LogP contribution in [0.4, 0.5) is 0 Å². The highest BCUT2D eigenvalue weighted by molar-refractivity contribution is 5.40. The second-order valence-corrected chi connectivity index (χ2v) is 5.80. The molecule has 2 heteroatoms. The summed E-state index contributed by atoms with van der Waals surface area (Å²) in [6.07, 6.45) is 0.879. The monoisotopic (exact) mass is 283 g/mol. The van der Waals surface area contributed by atoms with Crippen LogP contribution in [0.3, 0.4) is 0 Å². The molecule has 0 saturated carbocycles. The van der Waals surface area contributed by atoms with Crippen molar-refractivity contribution < 1.29 is 4.74 Å². The predicted molar refractivity (Wildman–Crippen MR) is 88.9 cm³/mol. The van der Waals surface area contributed by atoms with Crippen LogP contribution >= 0.6 is 0 Å². The Hall–Kier alpha value is -1.80. The van der Waals surface area contributed by atoms with Crippen LogP contribution in [0.2, 0.25) is 0 Å². The Balaban J connectivity index is 2.37. The van der Waals surface area contributed by atoms with Crippen molar-refractivity contribution >= 4 is 0 Å². The molecule has 0 bridgehead atoms. The standard InChI is InChI=1S/C19H25NO/c1-4-21-18-12-8-6-10-16(18)13-19(3,14-20)17-11-7-5-9-15(17)2/h5-12H,4,13-14,20H2,1-3H3. The molecule has 21 heavy (non-hydrogen) atoms. The molecule has 0 spiro atoms. The molecule has 0 aliphatic carbocycles. The van der Waals surface area contributed by atoms with Crippen LogP contribution in [0.15, 0.2) is 48.5 Å². The van der Waals surface area contributed by atoms with E-state index in [-0.39, 0.29) is 5.41 Å². The van der Waals surface area contributed by atoms with E-state index < -0.39 is 0 Å². The van der Waals surface area contributed by atoms with E-state index in [2.05, 4.69) is 50.2 Å². The Morgan fingerprint density at radius 1 is 1.05 bits per heavy atom. The molecule has 0 saturated heterocycles. The molecular weight excluding hydrogens is 258 g/mol. The number of hydrogen-bond donors (Lipinski definition) is 1. The average Bonchev–Trinajstić information content (AvgIpc) is 2.50. The van der Waals surface area contributed by atoms with Gasteiger partial charge in [0.05, 0.1) is 6.61 Å². The summed E-state index contributed by atoms with van der Waals surface area (Å²) in [7, 11) is 0. The molecule has 0 fully saturated rings. The van der Waals surface area contributed by atoms with Crippen LogP contribution in [0.25, 0.3) is 0 Å². The quantitative estimate of drug-likeness (QED) is 0.874. The zero-order chi connectivity index (χ0) is 15.3. The Morgan fingerprint density at radius 2 is 1.71 bits per heavy atom. The maximum atomic E-state index is 6.14. The number of rotatable bonds is 6. The fourth-order valence-corrected chi connectivity index (χ4v) is 2.89. The summed E-state index contributed by atoms with van der Waals surface area (Å²) in [6, 6.07) is 16.7. The smallest absolute Gasteiger partial charge is 0.122 e. The largest absolute Gasteiger partial charge is 0.494 e. The molecule has 0 aromatic heterocycles. The van der Waals surface area contributed by atoms with Gasteiger partial charge in [-0.25, -0.2) is 0 Å². The van der Waals surface area contributed by atoms with Crippen LogP contribution in [0.1, 0.15) is 30.5 Å². The summed E-state index contributed by atoms with van der Waals surface area (Å²) in [6.45, 7) is 7.69. The van der Waals surface area contributed by atoms with Gasteiger partial charge in [0.2, 0.25) is 0 Å². The third-order valence-electron chi connectivity index (χ3n) is 4.10. The minimum Gasteiger partial charge on any atom is -0.494 e. The van der Waals surface area contributed by atoms with Gasteiger partial charge >= 0.3 is 0 Å². The number of para-hydroxylation sites is 1. The zero-order valence-corrected chi connectivity index (χ0v) is 13.2. The second-order valence-electron chi connectivity index (χ2n) is 5.80. The predicted octanol–water partition coefficient (Wildman–Crippen LogP) is 3.85. The number of ether oxygens (including phenoxy) is 1. The van der Waals surface area contributed by atoms with Crippen molar-refractivity contribution in [2.24, 2.45) is 5.73 Å². The summed E-state index contributed by atoms with van der Waals surface area (Å²) < 4.78 is 5.75. The minimum absolute atomic E-state index is 0.0848.